The van der Waals surface area contributed by atoms with Crippen LogP contribution >= 0.6 is 11.8 Å². The standard InChI is InChI=1S/C19H26N4O4S/c1-23-16(21-22-19(23)28-12-13-6-5-11-27-13)9-10-20-18(24)14-7-4-8-15(25-2)17(14)26-3/h4,7-8,13H,5-6,9-12H2,1-3H3,(H,20,24). The number of ether oxygens (including phenoxy) is 3. The van der Waals surface area contributed by atoms with Crippen molar-refractivity contribution >= 4 is 17.7 Å². The number of carbonyl (C=O) groups excluding carboxylic acids is 1. The van der Waals surface area contributed by atoms with Crippen molar-refractivity contribution in [2.75, 3.05) is 33.1 Å². The van der Waals surface area contributed by atoms with Crippen molar-refractivity contribution in [1.29, 1.82) is 0 Å². The van der Waals surface area contributed by atoms with Crippen LogP contribution in [0, 0.1) is 0 Å². The van der Waals surface area contributed by atoms with Crippen LogP contribution in [0.15, 0.2) is 23.4 Å². The van der Waals surface area contributed by atoms with Crippen LogP contribution in [0.2, 0.25) is 0 Å². The summed E-state index contributed by atoms with van der Waals surface area (Å²) in [5, 5.41) is 12.3. The number of nitrogens with one attached hydrogen (secondary N) is 1. The van der Waals surface area contributed by atoms with Crippen LogP contribution in [0.25, 0.3) is 0 Å². The average Bonchev–Trinajstić information content (AvgIpc) is 3.36. The third kappa shape index (κ3) is 4.77. The number of benzene rings is 1. The second-order valence-corrected chi connectivity index (χ2v) is 7.44. The number of hydrogen-bond donors (Lipinski definition) is 1. The molecule has 1 saturated heterocycles. The van der Waals surface area contributed by atoms with E-state index in [1.165, 1.54) is 7.11 Å². The van der Waals surface area contributed by atoms with Crippen LogP contribution in [0.5, 0.6) is 11.5 Å². The largest absolute Gasteiger partial charge is 0.493 e. The fourth-order valence-electron chi connectivity index (χ4n) is 3.08. The number of amides is 1. The number of hydrogen-bond acceptors (Lipinski definition) is 7. The van der Waals surface area contributed by atoms with Gasteiger partial charge in [0.15, 0.2) is 16.7 Å². The van der Waals surface area contributed by atoms with Gasteiger partial charge >= 0.3 is 0 Å². The van der Waals surface area contributed by atoms with Gasteiger partial charge in [0.25, 0.3) is 5.91 Å². The molecular formula is C19H26N4O4S. The van der Waals surface area contributed by atoms with Crippen LogP contribution in [-0.2, 0) is 18.2 Å². The molecule has 28 heavy (non-hydrogen) atoms. The summed E-state index contributed by atoms with van der Waals surface area (Å²) in [6, 6.07) is 5.22. The summed E-state index contributed by atoms with van der Waals surface area (Å²) in [4.78, 5) is 12.5. The Morgan fingerprint density at radius 2 is 2.21 bits per heavy atom. The monoisotopic (exact) mass is 406 g/mol. The Kier molecular flexibility index (Phi) is 7.16. The maximum Gasteiger partial charge on any atom is 0.255 e. The normalized spacial score (nSPS) is 16.2. The first-order valence-corrected chi connectivity index (χ1v) is 10.2. The number of methoxy groups -OCH3 is 2. The van der Waals surface area contributed by atoms with E-state index in [2.05, 4.69) is 15.5 Å². The zero-order valence-electron chi connectivity index (χ0n) is 16.4. The number of thioether (sulfide) groups is 1. The second kappa shape index (κ2) is 9.79. The van der Waals surface area contributed by atoms with E-state index in [1.54, 1.807) is 37.1 Å². The zero-order valence-corrected chi connectivity index (χ0v) is 17.3. The highest BCUT2D eigenvalue weighted by atomic mass is 32.2. The highest BCUT2D eigenvalue weighted by Crippen LogP contribution is 2.30. The molecule has 0 radical (unpaired) electrons. The molecule has 0 spiro atoms. The topological polar surface area (TPSA) is 87.5 Å². The molecule has 0 saturated carbocycles. The number of rotatable bonds is 9. The lowest BCUT2D eigenvalue weighted by atomic mass is 10.1. The SMILES string of the molecule is COc1cccc(C(=O)NCCc2nnc(SCC3CCCO3)n2C)c1OC. The summed E-state index contributed by atoms with van der Waals surface area (Å²) in [6.45, 7) is 1.30. The van der Waals surface area contributed by atoms with E-state index in [1.807, 2.05) is 11.6 Å². The van der Waals surface area contributed by atoms with Gasteiger partial charge in [-0.25, -0.2) is 0 Å². The van der Waals surface area contributed by atoms with E-state index in [9.17, 15) is 4.79 Å². The number of aromatic nitrogens is 3. The van der Waals surface area contributed by atoms with Crippen molar-refractivity contribution in [3.63, 3.8) is 0 Å². The molecule has 1 atom stereocenters. The molecule has 0 aliphatic carbocycles. The average molecular weight is 407 g/mol. The van der Waals surface area contributed by atoms with Crippen molar-refractivity contribution in [1.82, 2.24) is 20.1 Å². The van der Waals surface area contributed by atoms with E-state index >= 15 is 0 Å². The van der Waals surface area contributed by atoms with Crippen molar-refractivity contribution in [2.45, 2.75) is 30.5 Å². The van der Waals surface area contributed by atoms with Gasteiger partial charge in [-0.2, -0.15) is 0 Å². The summed E-state index contributed by atoms with van der Waals surface area (Å²) in [5.41, 5.74) is 0.438. The number of carbonyl (C=O) groups is 1. The minimum absolute atomic E-state index is 0.217. The van der Waals surface area contributed by atoms with Gasteiger partial charge in [-0.05, 0) is 25.0 Å². The van der Waals surface area contributed by atoms with Crippen LogP contribution in [0.1, 0.15) is 29.0 Å². The fourth-order valence-corrected chi connectivity index (χ4v) is 4.08. The van der Waals surface area contributed by atoms with Crippen molar-refractivity contribution < 1.29 is 19.0 Å². The molecule has 8 nitrogen and oxygen atoms in total. The molecule has 2 heterocycles. The van der Waals surface area contributed by atoms with Gasteiger partial charge < -0.3 is 24.1 Å². The molecule has 1 aliphatic heterocycles. The van der Waals surface area contributed by atoms with Crippen molar-refractivity contribution in [3.05, 3.63) is 29.6 Å². The Labute approximate surface area is 168 Å². The van der Waals surface area contributed by atoms with Crippen molar-refractivity contribution in [3.8, 4) is 11.5 Å². The minimum Gasteiger partial charge on any atom is -0.493 e. The van der Waals surface area contributed by atoms with E-state index in [0.29, 0.717) is 36.1 Å². The maximum atomic E-state index is 12.5. The summed E-state index contributed by atoms with van der Waals surface area (Å²) in [5.74, 6) is 2.45. The summed E-state index contributed by atoms with van der Waals surface area (Å²) in [6.07, 6.45) is 3.13. The van der Waals surface area contributed by atoms with Gasteiger partial charge in [-0.15, -0.1) is 10.2 Å². The predicted molar refractivity (Wildman–Crippen MR) is 106 cm³/mol. The highest BCUT2D eigenvalue weighted by molar-refractivity contribution is 7.99. The summed E-state index contributed by atoms with van der Waals surface area (Å²) < 4.78 is 18.2. The molecule has 1 aliphatic rings. The highest BCUT2D eigenvalue weighted by Gasteiger charge is 2.19. The van der Waals surface area contributed by atoms with Crippen LogP contribution in [-0.4, -0.2) is 59.9 Å². The van der Waals surface area contributed by atoms with Gasteiger partial charge in [-0.3, -0.25) is 4.79 Å². The molecule has 1 fully saturated rings. The Morgan fingerprint density at radius 3 is 2.93 bits per heavy atom. The third-order valence-corrected chi connectivity index (χ3v) is 5.78. The van der Waals surface area contributed by atoms with E-state index < -0.39 is 0 Å². The molecular weight excluding hydrogens is 380 g/mol. The van der Waals surface area contributed by atoms with E-state index in [-0.39, 0.29) is 5.91 Å². The minimum atomic E-state index is -0.217. The Morgan fingerprint density at radius 1 is 1.36 bits per heavy atom. The van der Waals surface area contributed by atoms with Crippen LogP contribution in [0.4, 0.5) is 0 Å². The van der Waals surface area contributed by atoms with Gasteiger partial charge in [0, 0.05) is 32.4 Å². The molecule has 1 aromatic heterocycles. The third-order valence-electron chi connectivity index (χ3n) is 4.63. The molecule has 152 valence electrons. The summed E-state index contributed by atoms with van der Waals surface area (Å²) in [7, 11) is 5.01. The molecule has 1 aromatic carbocycles. The molecule has 1 unspecified atom stereocenters. The summed E-state index contributed by atoms with van der Waals surface area (Å²) >= 11 is 1.66. The lowest BCUT2D eigenvalue weighted by Crippen LogP contribution is -2.27. The van der Waals surface area contributed by atoms with Crippen LogP contribution < -0.4 is 14.8 Å². The van der Waals surface area contributed by atoms with Gasteiger partial charge in [0.2, 0.25) is 0 Å². The molecule has 0 bridgehead atoms. The molecule has 9 heteroatoms. The maximum absolute atomic E-state index is 12.5. The molecule has 3 rings (SSSR count). The molecule has 2 aromatic rings. The first-order valence-electron chi connectivity index (χ1n) is 9.26. The predicted octanol–water partition coefficient (Wildman–Crippen LogP) is 2.08. The Bertz CT molecular complexity index is 805. The smallest absolute Gasteiger partial charge is 0.255 e. The quantitative estimate of drug-likeness (QED) is 0.638. The van der Waals surface area contributed by atoms with E-state index in [4.69, 9.17) is 14.2 Å². The van der Waals surface area contributed by atoms with Crippen molar-refractivity contribution in [2.24, 2.45) is 7.05 Å². The van der Waals surface area contributed by atoms with Gasteiger partial charge in [-0.1, -0.05) is 17.8 Å². The molecule has 1 amide bonds. The number of nitrogens with zero attached hydrogens (tertiary/aromatic N) is 3. The molecule has 1 N–H and O–H groups in total. The van der Waals surface area contributed by atoms with E-state index in [0.717, 1.165) is 36.2 Å². The first kappa shape index (κ1) is 20.5. The number of para-hydroxylation sites is 1. The lowest BCUT2D eigenvalue weighted by Gasteiger charge is -2.12. The Hall–Kier alpha value is -2.26. The zero-order chi connectivity index (χ0) is 19.9. The second-order valence-electron chi connectivity index (χ2n) is 6.45. The fraction of sp³-hybridized carbons (Fsp3) is 0.526. The Balaban J connectivity index is 1.53. The van der Waals surface area contributed by atoms with Gasteiger partial charge in [0.1, 0.15) is 5.82 Å². The lowest BCUT2D eigenvalue weighted by molar-refractivity contribution is 0.0950. The van der Waals surface area contributed by atoms with Crippen LogP contribution in [0.3, 0.4) is 0 Å². The first-order chi connectivity index (χ1) is 13.6. The van der Waals surface area contributed by atoms with Gasteiger partial charge in [0.05, 0.1) is 25.9 Å².